The molecule has 7 nitrogen and oxygen atoms in total. The number of carbonyl (C=O) groups excluding carboxylic acids is 1. The Balaban J connectivity index is 2.11. The Morgan fingerprint density at radius 3 is 2.60 bits per heavy atom. The van der Waals surface area contributed by atoms with Gasteiger partial charge in [0.05, 0.1) is 11.0 Å². The Morgan fingerprint density at radius 1 is 1.32 bits per heavy atom. The van der Waals surface area contributed by atoms with Gasteiger partial charge in [0.2, 0.25) is 0 Å². The van der Waals surface area contributed by atoms with Gasteiger partial charge in [-0.05, 0) is 43.9 Å². The second kappa shape index (κ2) is 7.71. The highest BCUT2D eigenvalue weighted by Crippen LogP contribution is 2.26. The van der Waals surface area contributed by atoms with Gasteiger partial charge in [-0.15, -0.1) is 0 Å². The lowest BCUT2D eigenvalue weighted by Gasteiger charge is -2.25. The minimum atomic E-state index is -0.733. The van der Waals surface area contributed by atoms with Crippen molar-refractivity contribution in [2.45, 2.75) is 6.04 Å². The van der Waals surface area contributed by atoms with Crippen molar-refractivity contribution in [1.29, 1.82) is 0 Å². The minimum absolute atomic E-state index is 0.0971. The van der Waals surface area contributed by atoms with E-state index in [-0.39, 0.29) is 24.0 Å². The standard InChI is InChI=1S/C17H18FN3O4/c1-20(2)15(11-4-3-5-13(18)8-11)10-19-17(23)12-6-7-14(21(24)25)16(22)9-12/h3-9,15,22H,10H2,1-2H3,(H,19,23). The molecule has 0 saturated carbocycles. The summed E-state index contributed by atoms with van der Waals surface area (Å²) in [6.07, 6.45) is 0. The first-order chi connectivity index (χ1) is 11.8. The van der Waals surface area contributed by atoms with Gasteiger partial charge in [-0.25, -0.2) is 4.39 Å². The molecule has 1 amide bonds. The Kier molecular flexibility index (Phi) is 5.66. The van der Waals surface area contributed by atoms with Crippen molar-refractivity contribution in [3.63, 3.8) is 0 Å². The lowest BCUT2D eigenvalue weighted by Crippen LogP contribution is -2.34. The fraction of sp³-hybridized carbons (Fsp3) is 0.235. The zero-order chi connectivity index (χ0) is 18.6. The molecule has 0 saturated heterocycles. The molecule has 0 aliphatic heterocycles. The lowest BCUT2D eigenvalue weighted by atomic mass is 10.1. The molecule has 2 rings (SSSR count). The van der Waals surface area contributed by atoms with Gasteiger partial charge in [0, 0.05) is 18.2 Å². The van der Waals surface area contributed by atoms with Gasteiger partial charge in [0.25, 0.3) is 5.91 Å². The largest absolute Gasteiger partial charge is 0.502 e. The second-order valence-electron chi connectivity index (χ2n) is 5.71. The number of phenolic OH excluding ortho intramolecular Hbond substituents is 1. The second-order valence-corrected chi connectivity index (χ2v) is 5.71. The number of hydrogen-bond donors (Lipinski definition) is 2. The predicted molar refractivity (Wildman–Crippen MR) is 89.9 cm³/mol. The van der Waals surface area contributed by atoms with Gasteiger partial charge in [0.1, 0.15) is 5.82 Å². The van der Waals surface area contributed by atoms with E-state index < -0.39 is 22.3 Å². The Morgan fingerprint density at radius 2 is 2.04 bits per heavy atom. The summed E-state index contributed by atoms with van der Waals surface area (Å²) in [5, 5.41) is 23.0. The first kappa shape index (κ1) is 18.3. The molecular weight excluding hydrogens is 329 g/mol. The van der Waals surface area contributed by atoms with Crippen LogP contribution in [0.5, 0.6) is 5.75 Å². The predicted octanol–water partition coefficient (Wildman–Crippen LogP) is 2.47. The molecule has 132 valence electrons. The van der Waals surface area contributed by atoms with Crippen LogP contribution in [0.25, 0.3) is 0 Å². The smallest absolute Gasteiger partial charge is 0.310 e. The number of rotatable bonds is 6. The van der Waals surface area contributed by atoms with Gasteiger partial charge in [0.15, 0.2) is 5.75 Å². The first-order valence-corrected chi connectivity index (χ1v) is 7.47. The monoisotopic (exact) mass is 347 g/mol. The highest BCUT2D eigenvalue weighted by Gasteiger charge is 2.19. The van der Waals surface area contributed by atoms with Crippen molar-refractivity contribution in [3.05, 3.63) is 69.5 Å². The van der Waals surface area contributed by atoms with E-state index >= 15 is 0 Å². The highest BCUT2D eigenvalue weighted by molar-refractivity contribution is 5.95. The fourth-order valence-corrected chi connectivity index (χ4v) is 2.42. The maximum Gasteiger partial charge on any atom is 0.310 e. The number of benzene rings is 2. The number of hydrogen-bond acceptors (Lipinski definition) is 5. The van der Waals surface area contributed by atoms with E-state index in [2.05, 4.69) is 5.32 Å². The summed E-state index contributed by atoms with van der Waals surface area (Å²) in [7, 11) is 3.61. The number of amides is 1. The summed E-state index contributed by atoms with van der Waals surface area (Å²) >= 11 is 0. The first-order valence-electron chi connectivity index (χ1n) is 7.47. The Bertz CT molecular complexity index is 795. The van der Waals surface area contributed by atoms with E-state index in [1.807, 2.05) is 4.90 Å². The van der Waals surface area contributed by atoms with Crippen LogP contribution in [0, 0.1) is 15.9 Å². The number of nitro benzene ring substituents is 1. The molecule has 2 N–H and O–H groups in total. The van der Waals surface area contributed by atoms with Crippen LogP contribution in [-0.2, 0) is 0 Å². The molecule has 0 radical (unpaired) electrons. The van der Waals surface area contributed by atoms with Gasteiger partial charge in [-0.2, -0.15) is 0 Å². The maximum atomic E-state index is 13.4. The van der Waals surface area contributed by atoms with E-state index in [1.54, 1.807) is 26.2 Å². The molecule has 0 spiro atoms. The third kappa shape index (κ3) is 4.51. The minimum Gasteiger partial charge on any atom is -0.502 e. The van der Waals surface area contributed by atoms with Crippen LogP contribution in [0.3, 0.4) is 0 Å². The summed E-state index contributed by atoms with van der Waals surface area (Å²) < 4.78 is 13.4. The lowest BCUT2D eigenvalue weighted by molar-refractivity contribution is -0.385. The van der Waals surface area contributed by atoms with E-state index in [1.165, 1.54) is 18.2 Å². The molecule has 0 aliphatic rings. The summed E-state index contributed by atoms with van der Waals surface area (Å²) in [5.74, 6) is -1.43. The Hall–Kier alpha value is -3.00. The summed E-state index contributed by atoms with van der Waals surface area (Å²) in [5.41, 5.74) is 0.333. The molecule has 0 heterocycles. The van der Waals surface area contributed by atoms with Crippen molar-refractivity contribution in [2.75, 3.05) is 20.6 Å². The van der Waals surface area contributed by atoms with Crippen molar-refractivity contribution < 1.29 is 19.2 Å². The van der Waals surface area contributed by atoms with E-state index in [0.717, 1.165) is 12.1 Å². The molecule has 25 heavy (non-hydrogen) atoms. The van der Waals surface area contributed by atoms with Crippen LogP contribution in [0.15, 0.2) is 42.5 Å². The zero-order valence-electron chi connectivity index (χ0n) is 13.8. The normalized spacial score (nSPS) is 12.0. The molecule has 0 fully saturated rings. The highest BCUT2D eigenvalue weighted by atomic mass is 19.1. The average molecular weight is 347 g/mol. The number of nitrogens with zero attached hydrogens (tertiary/aromatic N) is 2. The van der Waals surface area contributed by atoms with Crippen molar-refractivity contribution in [3.8, 4) is 5.75 Å². The quantitative estimate of drug-likeness (QED) is 0.618. The topological polar surface area (TPSA) is 95.7 Å². The van der Waals surface area contributed by atoms with Crippen molar-refractivity contribution in [1.82, 2.24) is 10.2 Å². The number of aromatic hydroxyl groups is 1. The van der Waals surface area contributed by atoms with Crippen LogP contribution in [0.1, 0.15) is 22.0 Å². The van der Waals surface area contributed by atoms with Gasteiger partial charge in [-0.3, -0.25) is 14.9 Å². The number of nitrogens with one attached hydrogen (secondary N) is 1. The molecule has 2 aromatic rings. The van der Waals surface area contributed by atoms with Gasteiger partial charge >= 0.3 is 5.69 Å². The molecule has 8 heteroatoms. The van der Waals surface area contributed by atoms with Crippen LogP contribution < -0.4 is 5.32 Å². The fourth-order valence-electron chi connectivity index (χ4n) is 2.42. The molecular formula is C17H18FN3O4. The summed E-state index contributed by atoms with van der Waals surface area (Å²) in [6.45, 7) is 0.201. The van der Waals surface area contributed by atoms with Crippen LogP contribution in [0.2, 0.25) is 0 Å². The van der Waals surface area contributed by atoms with Gasteiger partial charge in [-0.1, -0.05) is 12.1 Å². The van der Waals surface area contributed by atoms with E-state index in [4.69, 9.17) is 0 Å². The average Bonchev–Trinajstić information content (AvgIpc) is 2.54. The number of likely N-dealkylation sites (N-methyl/N-ethyl adjacent to an activating group) is 1. The molecule has 0 bridgehead atoms. The number of halogens is 1. The molecule has 0 aliphatic carbocycles. The number of nitro groups is 1. The van der Waals surface area contributed by atoms with Gasteiger partial charge < -0.3 is 15.3 Å². The van der Waals surface area contributed by atoms with E-state index in [9.17, 15) is 24.4 Å². The third-order valence-corrected chi connectivity index (χ3v) is 3.75. The summed E-state index contributed by atoms with van der Waals surface area (Å²) in [4.78, 5) is 24.0. The Labute approximate surface area is 143 Å². The zero-order valence-corrected chi connectivity index (χ0v) is 13.8. The third-order valence-electron chi connectivity index (χ3n) is 3.75. The SMILES string of the molecule is CN(C)C(CNC(=O)c1ccc([N+](=O)[O-])c(O)c1)c1cccc(F)c1. The number of phenols is 1. The summed E-state index contributed by atoms with van der Waals surface area (Å²) in [6, 6.07) is 9.21. The molecule has 1 unspecified atom stereocenters. The van der Waals surface area contributed by atoms with Crippen LogP contribution in [0.4, 0.5) is 10.1 Å². The van der Waals surface area contributed by atoms with E-state index in [0.29, 0.717) is 5.56 Å². The van der Waals surface area contributed by atoms with Crippen LogP contribution >= 0.6 is 0 Å². The molecule has 0 aromatic heterocycles. The molecule has 2 aromatic carbocycles. The van der Waals surface area contributed by atoms with Crippen LogP contribution in [-0.4, -0.2) is 41.5 Å². The maximum absolute atomic E-state index is 13.4. The van der Waals surface area contributed by atoms with Crippen molar-refractivity contribution >= 4 is 11.6 Å². The molecule has 1 atom stereocenters. The van der Waals surface area contributed by atoms with Crippen molar-refractivity contribution in [2.24, 2.45) is 0 Å². The number of carbonyl (C=O) groups is 1.